The van der Waals surface area contributed by atoms with Gasteiger partial charge in [-0.3, -0.25) is 4.79 Å². The zero-order valence-electron chi connectivity index (χ0n) is 17.4. The highest BCUT2D eigenvalue weighted by Crippen LogP contribution is 2.31. The van der Waals surface area contributed by atoms with Crippen molar-refractivity contribution in [3.8, 4) is 11.8 Å². The lowest BCUT2D eigenvalue weighted by molar-refractivity contribution is -0.112. The zero-order valence-corrected chi connectivity index (χ0v) is 18.9. The van der Waals surface area contributed by atoms with Gasteiger partial charge in [-0.15, -0.1) is 0 Å². The monoisotopic (exact) mass is 472 g/mol. The lowest BCUT2D eigenvalue weighted by Crippen LogP contribution is -2.13. The Balaban J connectivity index is 1.68. The van der Waals surface area contributed by atoms with Crippen LogP contribution in [0.4, 0.5) is 5.69 Å². The van der Waals surface area contributed by atoms with E-state index in [-0.39, 0.29) is 5.57 Å². The molecule has 6 heteroatoms. The van der Waals surface area contributed by atoms with Gasteiger partial charge in [-0.05, 0) is 64.9 Å². The summed E-state index contributed by atoms with van der Waals surface area (Å²) in [5, 5.41) is 15.5. The molecule has 0 bridgehead atoms. The maximum Gasteiger partial charge on any atom is 0.266 e. The molecule has 162 valence electrons. The molecule has 0 spiro atoms. The SMILES string of the molecule is N#C/C(=C/c1c(OCc2ccc(Cl)cc2)ccc2ccccc12)C(=O)Nc1ccc(Cl)cc1. The Morgan fingerprint density at radius 2 is 1.58 bits per heavy atom. The molecule has 0 heterocycles. The number of carbonyl (C=O) groups is 1. The average Bonchev–Trinajstić information content (AvgIpc) is 2.84. The van der Waals surface area contributed by atoms with Gasteiger partial charge in [0, 0.05) is 21.3 Å². The molecule has 0 saturated carbocycles. The molecule has 0 atom stereocenters. The Kier molecular flexibility index (Phi) is 6.95. The first-order valence-corrected chi connectivity index (χ1v) is 10.9. The number of halogens is 2. The van der Waals surface area contributed by atoms with E-state index in [1.165, 1.54) is 0 Å². The molecule has 4 nitrogen and oxygen atoms in total. The van der Waals surface area contributed by atoms with Gasteiger partial charge in [-0.2, -0.15) is 5.26 Å². The summed E-state index contributed by atoms with van der Waals surface area (Å²) in [5.41, 5.74) is 2.11. The van der Waals surface area contributed by atoms with Crippen LogP contribution in [0.5, 0.6) is 5.75 Å². The molecule has 0 saturated heterocycles. The summed E-state index contributed by atoms with van der Waals surface area (Å²) in [5.74, 6) is 0.0482. The maximum absolute atomic E-state index is 12.8. The summed E-state index contributed by atoms with van der Waals surface area (Å²) in [7, 11) is 0. The minimum Gasteiger partial charge on any atom is -0.488 e. The largest absolute Gasteiger partial charge is 0.488 e. The molecule has 4 aromatic carbocycles. The van der Waals surface area contributed by atoms with Crippen LogP contribution in [0.2, 0.25) is 10.0 Å². The van der Waals surface area contributed by atoms with E-state index in [2.05, 4.69) is 5.32 Å². The van der Waals surface area contributed by atoms with Crippen LogP contribution >= 0.6 is 23.2 Å². The van der Waals surface area contributed by atoms with Crippen LogP contribution in [0.1, 0.15) is 11.1 Å². The number of carbonyl (C=O) groups excluding carboxylic acids is 1. The van der Waals surface area contributed by atoms with Crippen molar-refractivity contribution in [2.24, 2.45) is 0 Å². The third-order valence-corrected chi connectivity index (χ3v) is 5.50. The number of rotatable bonds is 6. The molecular formula is C27H18Cl2N2O2. The first kappa shape index (κ1) is 22.4. The van der Waals surface area contributed by atoms with E-state index >= 15 is 0 Å². The molecule has 0 unspecified atom stereocenters. The molecule has 0 aliphatic rings. The number of amides is 1. The Hall–Kier alpha value is -3.78. The second kappa shape index (κ2) is 10.2. The van der Waals surface area contributed by atoms with Crippen LogP contribution < -0.4 is 10.1 Å². The third-order valence-electron chi connectivity index (χ3n) is 4.99. The third kappa shape index (κ3) is 5.53. The lowest BCUT2D eigenvalue weighted by Gasteiger charge is -2.13. The van der Waals surface area contributed by atoms with Gasteiger partial charge >= 0.3 is 0 Å². The van der Waals surface area contributed by atoms with Crippen molar-refractivity contribution in [3.05, 3.63) is 112 Å². The van der Waals surface area contributed by atoms with Gasteiger partial charge in [0.1, 0.15) is 24.0 Å². The smallest absolute Gasteiger partial charge is 0.266 e. The quantitative estimate of drug-likeness (QED) is 0.237. The van der Waals surface area contributed by atoms with Crippen LogP contribution in [-0.4, -0.2) is 5.91 Å². The van der Waals surface area contributed by atoms with E-state index in [4.69, 9.17) is 27.9 Å². The predicted octanol–water partition coefficient (Wildman–Crippen LogP) is 7.27. The van der Waals surface area contributed by atoms with Gasteiger partial charge in [0.05, 0.1) is 0 Å². The van der Waals surface area contributed by atoms with E-state index < -0.39 is 5.91 Å². The molecule has 0 fully saturated rings. The molecule has 1 N–H and O–H groups in total. The molecule has 0 aliphatic heterocycles. The predicted molar refractivity (Wildman–Crippen MR) is 133 cm³/mol. The Bertz CT molecular complexity index is 1370. The van der Waals surface area contributed by atoms with Crippen LogP contribution in [0.3, 0.4) is 0 Å². The molecule has 4 rings (SSSR count). The van der Waals surface area contributed by atoms with Gasteiger partial charge in [0.2, 0.25) is 0 Å². The highest BCUT2D eigenvalue weighted by atomic mass is 35.5. The first-order valence-electron chi connectivity index (χ1n) is 10.1. The highest BCUT2D eigenvalue weighted by molar-refractivity contribution is 6.30. The van der Waals surface area contributed by atoms with Crippen LogP contribution in [0.25, 0.3) is 16.8 Å². The molecule has 33 heavy (non-hydrogen) atoms. The number of nitrogens with zero attached hydrogens (tertiary/aromatic N) is 1. The number of benzene rings is 4. The fourth-order valence-electron chi connectivity index (χ4n) is 3.32. The normalized spacial score (nSPS) is 11.1. The van der Waals surface area contributed by atoms with E-state index in [9.17, 15) is 10.1 Å². The number of ether oxygens (including phenoxy) is 1. The van der Waals surface area contributed by atoms with E-state index in [1.807, 2.05) is 54.6 Å². The summed E-state index contributed by atoms with van der Waals surface area (Å²) in [6.07, 6.45) is 1.56. The average molecular weight is 473 g/mol. The number of nitriles is 1. The van der Waals surface area contributed by atoms with E-state index in [0.29, 0.717) is 33.7 Å². The van der Waals surface area contributed by atoms with Gasteiger partial charge in [-0.1, -0.05) is 65.7 Å². The fraction of sp³-hybridized carbons (Fsp3) is 0.0370. The van der Waals surface area contributed by atoms with Crippen molar-refractivity contribution in [1.29, 1.82) is 5.26 Å². The van der Waals surface area contributed by atoms with Crippen molar-refractivity contribution in [3.63, 3.8) is 0 Å². The summed E-state index contributed by atoms with van der Waals surface area (Å²) in [4.78, 5) is 12.8. The Morgan fingerprint density at radius 1 is 0.909 bits per heavy atom. The number of hydrogen-bond donors (Lipinski definition) is 1. The molecule has 0 radical (unpaired) electrons. The molecular weight excluding hydrogens is 455 g/mol. The standard InChI is InChI=1S/C27H18Cl2N2O2/c28-21-8-5-18(6-9-21)17-33-26-14-7-19-3-1-2-4-24(19)25(26)15-20(16-30)27(32)31-23-12-10-22(29)11-13-23/h1-15H,17H2,(H,31,32)/b20-15-. The Labute approximate surface area is 201 Å². The fourth-order valence-corrected chi connectivity index (χ4v) is 3.57. The number of anilines is 1. The minimum absolute atomic E-state index is 0.0438. The van der Waals surface area contributed by atoms with Crippen molar-refractivity contribution < 1.29 is 9.53 Å². The van der Waals surface area contributed by atoms with Crippen molar-refractivity contribution in [2.45, 2.75) is 6.61 Å². The molecule has 0 aromatic heterocycles. The summed E-state index contributed by atoms with van der Waals surface area (Å²) >= 11 is 11.9. The van der Waals surface area contributed by atoms with Crippen molar-refractivity contribution in [1.82, 2.24) is 0 Å². The first-order chi connectivity index (χ1) is 16.0. The molecule has 4 aromatic rings. The van der Waals surface area contributed by atoms with Crippen LogP contribution in [0, 0.1) is 11.3 Å². The van der Waals surface area contributed by atoms with Gasteiger partial charge in [0.15, 0.2) is 0 Å². The lowest BCUT2D eigenvalue weighted by atomic mass is 10.0. The number of nitrogens with one attached hydrogen (secondary N) is 1. The topological polar surface area (TPSA) is 62.1 Å². The second-order valence-corrected chi connectivity index (χ2v) is 8.12. The molecule has 1 amide bonds. The number of fused-ring (bicyclic) bond motifs is 1. The maximum atomic E-state index is 12.8. The van der Waals surface area contributed by atoms with Crippen LogP contribution in [-0.2, 0) is 11.4 Å². The highest BCUT2D eigenvalue weighted by Gasteiger charge is 2.14. The van der Waals surface area contributed by atoms with Crippen LogP contribution in [0.15, 0.2) is 90.5 Å². The van der Waals surface area contributed by atoms with E-state index in [0.717, 1.165) is 16.3 Å². The summed E-state index contributed by atoms with van der Waals surface area (Å²) in [6, 6.07) is 27.6. The van der Waals surface area contributed by atoms with Gasteiger partial charge in [0.25, 0.3) is 5.91 Å². The summed E-state index contributed by atoms with van der Waals surface area (Å²) in [6.45, 7) is 0.315. The molecule has 0 aliphatic carbocycles. The zero-order chi connectivity index (χ0) is 23.2. The summed E-state index contributed by atoms with van der Waals surface area (Å²) < 4.78 is 6.08. The van der Waals surface area contributed by atoms with Crippen molar-refractivity contribution >= 4 is 51.6 Å². The Morgan fingerprint density at radius 3 is 2.27 bits per heavy atom. The van der Waals surface area contributed by atoms with Gasteiger partial charge < -0.3 is 10.1 Å². The van der Waals surface area contributed by atoms with Gasteiger partial charge in [-0.25, -0.2) is 0 Å². The minimum atomic E-state index is -0.517. The number of hydrogen-bond acceptors (Lipinski definition) is 3. The van der Waals surface area contributed by atoms with Crippen molar-refractivity contribution in [2.75, 3.05) is 5.32 Å². The second-order valence-electron chi connectivity index (χ2n) is 7.24. The van der Waals surface area contributed by atoms with E-state index in [1.54, 1.807) is 42.5 Å².